The van der Waals surface area contributed by atoms with Crippen molar-refractivity contribution >= 4 is 41.2 Å². The summed E-state index contributed by atoms with van der Waals surface area (Å²) < 4.78 is 16.5. The van der Waals surface area contributed by atoms with Crippen LogP contribution in [0.4, 0.5) is 0 Å². The van der Waals surface area contributed by atoms with Crippen LogP contribution in [0.1, 0.15) is 88.2 Å². The minimum absolute atomic E-state index is 0.0236. The van der Waals surface area contributed by atoms with Gasteiger partial charge >= 0.3 is 0 Å². The lowest BCUT2D eigenvalue weighted by molar-refractivity contribution is -0.148. The molecule has 484 valence electrons. The van der Waals surface area contributed by atoms with Gasteiger partial charge in [-0.1, -0.05) is 87.4 Å². The summed E-state index contributed by atoms with van der Waals surface area (Å²) >= 11 is 0. The molecule has 15 atom stereocenters. The summed E-state index contributed by atoms with van der Waals surface area (Å²) in [5.41, 5.74) is 3.52. The highest BCUT2D eigenvalue weighted by molar-refractivity contribution is 6.00. The first-order valence-corrected chi connectivity index (χ1v) is 30.2. The minimum atomic E-state index is -2.18. The summed E-state index contributed by atoms with van der Waals surface area (Å²) in [7, 11) is 1.47. The standard InChI is InChI=1S/C64H85N7O18/c1-6-7-8-26-89-46-23-19-41(20-24-46)39-11-9-38(10-12-39)40-13-15-43(16-14-40)59(81)66-48-32-51(77)58(65-25-27-88-29-28-87-5)69-62(84)54-55(78)35(2)33-71(54)64(86)53(37(4)73)67-60(82)47(57(80)56(79)42-17-21-44(74)22-18-42)31-50(76)49-30-45(75)34-70(49)63(85)52(36(3)72)68-61(48)83/h9-24,35-37,45,47-49,51-58,65,72-75,77-80H,6-8,25-34H2,1-5H3,(H,66,81)(H,67,82)(H,68,83)(H,69,84)/t35-,36+,37+,45+,47?,48-,49?,51+,52?,53?,54?,55-,56-,57-,58?/m0/s1. The van der Waals surface area contributed by atoms with Gasteiger partial charge in [0, 0.05) is 57.5 Å². The van der Waals surface area contributed by atoms with Gasteiger partial charge in [-0.15, -0.1) is 0 Å². The van der Waals surface area contributed by atoms with Crippen molar-refractivity contribution in [1.82, 2.24) is 36.4 Å². The number of hydrogen-bond donors (Lipinski definition) is 13. The third kappa shape index (κ3) is 17.9. The first kappa shape index (κ1) is 69.1. The molecule has 0 aromatic heterocycles. The number of aliphatic hydroxyl groups excluding tert-OH is 7. The fourth-order valence-corrected chi connectivity index (χ4v) is 11.2. The number of methoxy groups -OCH3 is 1. The molecule has 3 aliphatic rings. The molecule has 6 amide bonds. The van der Waals surface area contributed by atoms with Crippen LogP contribution in [0.2, 0.25) is 0 Å². The van der Waals surface area contributed by atoms with E-state index in [2.05, 4.69) is 33.5 Å². The highest BCUT2D eigenvalue weighted by Crippen LogP contribution is 2.32. The Kier molecular flexibility index (Phi) is 25.1. The Morgan fingerprint density at radius 1 is 0.674 bits per heavy atom. The van der Waals surface area contributed by atoms with Gasteiger partial charge < -0.3 is 86.1 Å². The Morgan fingerprint density at radius 2 is 1.25 bits per heavy atom. The van der Waals surface area contributed by atoms with Crippen molar-refractivity contribution in [3.05, 3.63) is 108 Å². The fourth-order valence-electron chi connectivity index (χ4n) is 11.2. The van der Waals surface area contributed by atoms with E-state index in [1.807, 2.05) is 48.5 Å². The van der Waals surface area contributed by atoms with E-state index >= 15 is 0 Å². The van der Waals surface area contributed by atoms with Crippen LogP contribution in [0.3, 0.4) is 0 Å². The molecule has 6 unspecified atom stereocenters. The number of aromatic hydroxyl groups is 1. The monoisotopic (exact) mass is 1240 g/mol. The van der Waals surface area contributed by atoms with E-state index in [9.17, 15) is 74.4 Å². The van der Waals surface area contributed by atoms with Crippen molar-refractivity contribution in [2.75, 3.05) is 53.2 Å². The number of carbonyl (C=O) groups excluding carboxylic acids is 7. The highest BCUT2D eigenvalue weighted by atomic mass is 16.5. The van der Waals surface area contributed by atoms with Gasteiger partial charge in [-0.2, -0.15) is 0 Å². The average Bonchev–Trinajstić information content (AvgIpc) is 1.91. The van der Waals surface area contributed by atoms with Crippen LogP contribution >= 0.6 is 0 Å². The van der Waals surface area contributed by atoms with E-state index in [0.717, 1.165) is 70.9 Å². The number of amides is 6. The molecule has 89 heavy (non-hydrogen) atoms. The number of phenols is 1. The summed E-state index contributed by atoms with van der Waals surface area (Å²) in [4.78, 5) is 104. The molecule has 0 saturated carbocycles. The molecular weight excluding hydrogens is 1150 g/mol. The first-order valence-electron chi connectivity index (χ1n) is 30.2. The molecule has 25 nitrogen and oxygen atoms in total. The second-order valence-electron chi connectivity index (χ2n) is 23.2. The first-order chi connectivity index (χ1) is 42.5. The van der Waals surface area contributed by atoms with E-state index in [1.54, 1.807) is 12.1 Å². The van der Waals surface area contributed by atoms with Crippen LogP contribution in [0.25, 0.3) is 22.3 Å². The largest absolute Gasteiger partial charge is 0.508 e. The summed E-state index contributed by atoms with van der Waals surface area (Å²) in [5.74, 6) is -9.74. The number of carbonyl (C=O) groups is 7. The number of unbranched alkanes of at least 4 members (excludes halogenated alkanes) is 2. The Labute approximate surface area is 516 Å². The molecule has 0 spiro atoms. The molecule has 0 bridgehead atoms. The van der Waals surface area contributed by atoms with E-state index in [1.165, 1.54) is 50.4 Å². The molecule has 3 saturated heterocycles. The molecule has 3 fully saturated rings. The third-order valence-corrected chi connectivity index (χ3v) is 16.4. The molecule has 7 rings (SSSR count). The highest BCUT2D eigenvalue weighted by Gasteiger charge is 2.50. The van der Waals surface area contributed by atoms with Gasteiger partial charge in [-0.3, -0.25) is 38.9 Å². The lowest BCUT2D eigenvalue weighted by Crippen LogP contribution is -2.63. The van der Waals surface area contributed by atoms with Crippen molar-refractivity contribution in [3.8, 4) is 33.8 Å². The van der Waals surface area contributed by atoms with Gasteiger partial charge in [0.15, 0.2) is 5.78 Å². The van der Waals surface area contributed by atoms with Crippen LogP contribution in [0.15, 0.2) is 97.1 Å². The van der Waals surface area contributed by atoms with Gasteiger partial charge in [-0.05, 0) is 84.5 Å². The fraction of sp³-hybridized carbons (Fsp3) is 0.516. The van der Waals surface area contributed by atoms with Crippen LogP contribution in [0.5, 0.6) is 11.5 Å². The predicted molar refractivity (Wildman–Crippen MR) is 323 cm³/mol. The zero-order valence-corrected chi connectivity index (χ0v) is 50.6. The summed E-state index contributed by atoms with van der Waals surface area (Å²) in [6.45, 7) is 6.02. The van der Waals surface area contributed by atoms with Crippen LogP contribution < -0.4 is 31.3 Å². The molecular formula is C64H85N7O18. The number of phenolic OH excluding ortho intramolecular Hbond substituents is 1. The second-order valence-corrected chi connectivity index (χ2v) is 23.2. The van der Waals surface area contributed by atoms with Crippen LogP contribution in [-0.4, -0.2) is 218 Å². The predicted octanol–water partition coefficient (Wildman–Crippen LogP) is 0.424. The maximum absolute atomic E-state index is 14.8. The van der Waals surface area contributed by atoms with Gasteiger partial charge in [0.1, 0.15) is 47.9 Å². The number of aliphatic hydroxyl groups is 7. The number of nitrogens with one attached hydrogen (secondary N) is 5. The zero-order chi connectivity index (χ0) is 64.6. The molecule has 0 aliphatic carbocycles. The van der Waals surface area contributed by atoms with Crippen molar-refractivity contribution < 1.29 is 88.6 Å². The third-order valence-electron chi connectivity index (χ3n) is 16.4. The smallest absolute Gasteiger partial charge is 0.251 e. The van der Waals surface area contributed by atoms with E-state index in [4.69, 9.17) is 14.2 Å². The average molecular weight is 1240 g/mol. The maximum atomic E-state index is 14.8. The van der Waals surface area contributed by atoms with Crippen LogP contribution in [0, 0.1) is 11.8 Å². The van der Waals surface area contributed by atoms with Crippen molar-refractivity contribution in [2.24, 2.45) is 11.8 Å². The number of fused-ring (bicyclic) bond motifs is 2. The summed E-state index contributed by atoms with van der Waals surface area (Å²) in [5, 5.41) is 104. The van der Waals surface area contributed by atoms with Crippen molar-refractivity contribution in [2.45, 2.75) is 145 Å². The van der Waals surface area contributed by atoms with Crippen molar-refractivity contribution in [3.63, 3.8) is 0 Å². The van der Waals surface area contributed by atoms with E-state index in [-0.39, 0.29) is 49.8 Å². The second kappa shape index (κ2) is 32.4. The molecule has 4 aromatic rings. The Morgan fingerprint density at radius 3 is 1.83 bits per heavy atom. The lowest BCUT2D eigenvalue weighted by atomic mass is 9.86. The van der Waals surface area contributed by atoms with Gasteiger partial charge in [0.2, 0.25) is 29.5 Å². The molecule has 13 N–H and O–H groups in total. The minimum Gasteiger partial charge on any atom is -0.508 e. The number of nitrogens with zero attached hydrogens (tertiary/aromatic N) is 2. The Hall–Kier alpha value is -7.43. The van der Waals surface area contributed by atoms with Gasteiger partial charge in [0.25, 0.3) is 5.91 Å². The van der Waals surface area contributed by atoms with Crippen molar-refractivity contribution in [1.29, 1.82) is 0 Å². The zero-order valence-electron chi connectivity index (χ0n) is 50.6. The SMILES string of the molecule is CCCCCOc1ccc(-c2ccc(-c3ccc(C(=O)N[C@H]4C[C@@H](O)C(NCCOCCOC)NC(=O)C5[C@@H](O)[C@@H](C)CN5C(=O)C([C@@H](C)O)NC(=O)C([C@H](O)[C@@H](O)c5ccc(O)cc5)CC(=O)C5C[C@@H](O)CN5C(=O)C([C@@H](C)O)NC4=O)cc3)cc2)cc1. The van der Waals surface area contributed by atoms with Gasteiger partial charge in [-0.25, -0.2) is 0 Å². The number of ether oxygens (including phenoxy) is 3. The molecule has 3 heterocycles. The summed E-state index contributed by atoms with van der Waals surface area (Å²) in [6.07, 6.45) is -13.0. The number of Topliss-reactive ketones (excluding diaryl/α,β-unsaturated/α-hetero) is 1. The molecule has 25 heteroatoms. The number of benzene rings is 4. The molecule has 4 aromatic carbocycles. The van der Waals surface area contributed by atoms with Crippen LogP contribution in [-0.2, 0) is 38.2 Å². The van der Waals surface area contributed by atoms with Gasteiger partial charge in [0.05, 0.1) is 75.0 Å². The normalized spacial score (nSPS) is 26.4. The van der Waals surface area contributed by atoms with E-state index < -0.39 is 158 Å². The molecule has 3 aliphatic heterocycles. The Bertz CT molecular complexity index is 3010. The topological polar surface area (TPSA) is 376 Å². The van der Waals surface area contributed by atoms with E-state index in [0.29, 0.717) is 6.61 Å². The summed E-state index contributed by atoms with van der Waals surface area (Å²) in [6, 6.07) is 17.8. The molecule has 0 radical (unpaired) electrons. The maximum Gasteiger partial charge on any atom is 0.251 e. The Balaban J connectivity index is 1.23. The quantitative estimate of drug-likeness (QED) is 0.0503. The number of ketones is 1. The number of rotatable bonds is 21. The lowest BCUT2D eigenvalue weighted by Gasteiger charge is -2.34. The number of hydrogen-bond acceptors (Lipinski definition) is 19.